The van der Waals surface area contributed by atoms with Gasteiger partial charge in [-0.25, -0.2) is 10.5 Å². The summed E-state index contributed by atoms with van der Waals surface area (Å²) >= 11 is 0. The molecule has 112 valence electrons. The molecule has 0 aromatic heterocycles. The Kier molecular flexibility index (Phi) is 10.8. The van der Waals surface area contributed by atoms with Crippen LogP contribution in [0.25, 0.3) is 0 Å². The summed E-state index contributed by atoms with van der Waals surface area (Å²) in [6, 6.07) is 0. The van der Waals surface area contributed by atoms with Crippen LogP contribution in [0.4, 0.5) is 0 Å². The van der Waals surface area contributed by atoms with E-state index in [2.05, 4.69) is 22.6 Å². The van der Waals surface area contributed by atoms with Crippen LogP contribution in [-0.2, 0) is 0 Å². The molecule has 1 aliphatic heterocycles. The Labute approximate surface area is 119 Å². The fourth-order valence-corrected chi connectivity index (χ4v) is 2.59. The van der Waals surface area contributed by atoms with Gasteiger partial charge in [-0.3, -0.25) is 0 Å². The predicted octanol–water partition coefficient (Wildman–Crippen LogP) is 4.49. The smallest absolute Gasteiger partial charge is 0.0566 e. The van der Waals surface area contributed by atoms with Crippen LogP contribution < -0.4 is 5.53 Å². The molecular weight excluding hydrogens is 234 g/mol. The number of rotatable bonds is 13. The number of hydrogen-bond acceptors (Lipinski definition) is 3. The Bertz CT molecular complexity index is 208. The Morgan fingerprint density at radius 1 is 0.842 bits per heavy atom. The van der Waals surface area contributed by atoms with Crippen LogP contribution in [0.3, 0.4) is 0 Å². The van der Waals surface area contributed by atoms with Crippen molar-refractivity contribution in [2.75, 3.05) is 13.1 Å². The lowest BCUT2D eigenvalue weighted by Crippen LogP contribution is -2.31. The summed E-state index contributed by atoms with van der Waals surface area (Å²) in [6.45, 7) is 4.39. The second kappa shape index (κ2) is 12.5. The van der Waals surface area contributed by atoms with Crippen LogP contribution in [0.15, 0.2) is 5.10 Å². The van der Waals surface area contributed by atoms with Crippen LogP contribution in [0.5, 0.6) is 0 Å². The third kappa shape index (κ3) is 9.94. The molecule has 1 aliphatic rings. The number of nitrogens with one attached hydrogen (secondary N) is 1. The van der Waals surface area contributed by atoms with Gasteiger partial charge in [0.15, 0.2) is 0 Å². The maximum atomic E-state index is 3.99. The van der Waals surface area contributed by atoms with Crippen molar-refractivity contribution in [3.63, 3.8) is 0 Å². The first kappa shape index (κ1) is 16.5. The van der Waals surface area contributed by atoms with Crippen molar-refractivity contribution in [3.8, 4) is 0 Å². The summed E-state index contributed by atoms with van der Waals surface area (Å²) in [7, 11) is 0. The Hall–Kier alpha value is -0.570. The largest absolute Gasteiger partial charge is 0.240 e. The van der Waals surface area contributed by atoms with E-state index in [1.54, 1.807) is 0 Å². The lowest BCUT2D eigenvalue weighted by molar-refractivity contribution is 0.237. The first-order chi connectivity index (χ1) is 9.43. The Balaban J connectivity index is 1.67. The van der Waals surface area contributed by atoms with Crippen molar-refractivity contribution in [2.24, 2.45) is 5.10 Å². The van der Waals surface area contributed by atoms with Gasteiger partial charge in [-0.1, -0.05) is 77.6 Å². The second-order valence-corrected chi connectivity index (χ2v) is 5.75. The summed E-state index contributed by atoms with van der Waals surface area (Å²) in [4.78, 5) is 0. The zero-order valence-corrected chi connectivity index (χ0v) is 12.9. The highest BCUT2D eigenvalue weighted by Gasteiger charge is 2.04. The van der Waals surface area contributed by atoms with Crippen molar-refractivity contribution in [3.05, 3.63) is 0 Å². The molecular formula is C16H33N3. The van der Waals surface area contributed by atoms with Crippen molar-refractivity contribution in [2.45, 2.75) is 84.0 Å². The molecule has 0 fully saturated rings. The third-order valence-electron chi connectivity index (χ3n) is 3.87. The molecule has 0 amide bonds. The maximum absolute atomic E-state index is 3.99. The van der Waals surface area contributed by atoms with E-state index < -0.39 is 0 Å². The molecule has 1 heterocycles. The summed E-state index contributed by atoms with van der Waals surface area (Å²) in [5, 5.41) is 6.17. The minimum atomic E-state index is 0.970. The van der Waals surface area contributed by atoms with E-state index in [1.807, 2.05) is 6.21 Å². The molecule has 0 aliphatic carbocycles. The van der Waals surface area contributed by atoms with Crippen molar-refractivity contribution >= 4 is 6.21 Å². The van der Waals surface area contributed by atoms with Crippen LogP contribution in [0.2, 0.25) is 0 Å². The maximum Gasteiger partial charge on any atom is 0.0566 e. The Morgan fingerprint density at radius 2 is 1.37 bits per heavy atom. The van der Waals surface area contributed by atoms with E-state index >= 15 is 0 Å². The fraction of sp³-hybridized carbons (Fsp3) is 0.938. The molecule has 0 saturated carbocycles. The van der Waals surface area contributed by atoms with E-state index in [4.69, 9.17) is 0 Å². The molecule has 0 radical (unpaired) electrons. The van der Waals surface area contributed by atoms with Crippen molar-refractivity contribution in [1.29, 1.82) is 0 Å². The molecule has 1 N–H and O–H groups in total. The molecule has 0 unspecified atom stereocenters. The number of hydrogen-bond donors (Lipinski definition) is 1. The average molecular weight is 267 g/mol. The molecule has 19 heavy (non-hydrogen) atoms. The van der Waals surface area contributed by atoms with Crippen LogP contribution in [-0.4, -0.2) is 24.3 Å². The number of unbranched alkanes of at least 4 members (excludes halogenated alkanes) is 11. The van der Waals surface area contributed by atoms with Crippen molar-refractivity contribution < 1.29 is 0 Å². The normalized spacial score (nSPS) is 15.0. The molecule has 0 atom stereocenters. The van der Waals surface area contributed by atoms with E-state index in [0.29, 0.717) is 0 Å². The van der Waals surface area contributed by atoms with Gasteiger partial charge >= 0.3 is 0 Å². The van der Waals surface area contributed by atoms with Gasteiger partial charge in [-0.05, 0) is 6.42 Å². The zero-order chi connectivity index (χ0) is 13.6. The number of nitrogens with zero attached hydrogens (tertiary/aromatic N) is 2. The number of hydrazine groups is 1. The van der Waals surface area contributed by atoms with Crippen molar-refractivity contribution in [1.82, 2.24) is 10.5 Å². The first-order valence-corrected chi connectivity index (χ1v) is 8.45. The molecule has 0 spiro atoms. The molecule has 3 heteroatoms. The quantitative estimate of drug-likeness (QED) is 0.498. The van der Waals surface area contributed by atoms with E-state index in [9.17, 15) is 0 Å². The molecule has 0 saturated heterocycles. The van der Waals surface area contributed by atoms with Gasteiger partial charge in [-0.2, -0.15) is 5.10 Å². The molecule has 0 bridgehead atoms. The van der Waals surface area contributed by atoms with Gasteiger partial charge in [0, 0.05) is 12.8 Å². The van der Waals surface area contributed by atoms with E-state index in [0.717, 1.165) is 13.1 Å². The lowest BCUT2D eigenvalue weighted by atomic mass is 10.1. The van der Waals surface area contributed by atoms with E-state index in [1.165, 1.54) is 77.0 Å². The summed E-state index contributed by atoms with van der Waals surface area (Å²) < 4.78 is 0. The minimum Gasteiger partial charge on any atom is -0.240 e. The highest BCUT2D eigenvalue weighted by Crippen LogP contribution is 2.12. The summed E-state index contributed by atoms with van der Waals surface area (Å²) in [5.74, 6) is 0. The van der Waals surface area contributed by atoms with Gasteiger partial charge in [0.2, 0.25) is 0 Å². The predicted molar refractivity (Wildman–Crippen MR) is 84.3 cm³/mol. The standard InChI is InChI=1S/C16H33N3/c1-2-3-4-5-6-7-8-9-10-11-12-13-15-19-16-14-17-18-19/h14,18H,2-13,15-16H2,1H3. The van der Waals surface area contributed by atoms with Gasteiger partial charge in [0.25, 0.3) is 0 Å². The highest BCUT2D eigenvalue weighted by molar-refractivity contribution is 5.60. The highest BCUT2D eigenvalue weighted by atomic mass is 15.7. The third-order valence-corrected chi connectivity index (χ3v) is 3.87. The first-order valence-electron chi connectivity index (χ1n) is 8.45. The topological polar surface area (TPSA) is 27.6 Å². The molecule has 3 nitrogen and oxygen atoms in total. The monoisotopic (exact) mass is 267 g/mol. The fourth-order valence-electron chi connectivity index (χ4n) is 2.59. The molecule has 0 aromatic rings. The van der Waals surface area contributed by atoms with Crippen LogP contribution in [0, 0.1) is 0 Å². The molecule has 1 rings (SSSR count). The second-order valence-electron chi connectivity index (χ2n) is 5.75. The molecule has 0 aromatic carbocycles. The van der Waals surface area contributed by atoms with Gasteiger partial charge < -0.3 is 0 Å². The van der Waals surface area contributed by atoms with Crippen LogP contribution in [0.1, 0.15) is 84.0 Å². The van der Waals surface area contributed by atoms with E-state index in [-0.39, 0.29) is 0 Å². The zero-order valence-electron chi connectivity index (χ0n) is 12.9. The summed E-state index contributed by atoms with van der Waals surface area (Å²) in [6.07, 6.45) is 18.9. The van der Waals surface area contributed by atoms with Gasteiger partial charge in [0.1, 0.15) is 0 Å². The lowest BCUT2D eigenvalue weighted by Gasteiger charge is -2.13. The van der Waals surface area contributed by atoms with Gasteiger partial charge in [-0.15, -0.1) is 0 Å². The SMILES string of the molecule is CCCCCCCCCCCCCCN1CC=NN1. The number of hydrazone groups is 1. The van der Waals surface area contributed by atoms with Gasteiger partial charge in [0.05, 0.1) is 6.54 Å². The average Bonchev–Trinajstić information content (AvgIpc) is 2.93. The minimum absolute atomic E-state index is 0.970. The summed E-state index contributed by atoms with van der Waals surface area (Å²) in [5.41, 5.74) is 3.00. The van der Waals surface area contributed by atoms with Crippen LogP contribution >= 0.6 is 0 Å². The Morgan fingerprint density at radius 3 is 1.84 bits per heavy atom.